The number of hydrogen-bond acceptors (Lipinski definition) is 3. The SMILES string of the molecule is CCCS(=O)(=O)CCNC(C)c1ccc(F)cc1. The Hall–Kier alpha value is -0.940. The van der Waals surface area contributed by atoms with Crippen molar-refractivity contribution in [2.45, 2.75) is 26.3 Å². The molecular formula is C13H20FNO2S. The Morgan fingerprint density at radius 3 is 2.39 bits per heavy atom. The van der Waals surface area contributed by atoms with Crippen molar-refractivity contribution in [1.29, 1.82) is 0 Å². The van der Waals surface area contributed by atoms with Gasteiger partial charge in [-0.25, -0.2) is 12.8 Å². The molecule has 0 aliphatic carbocycles. The molecule has 1 aromatic rings. The maximum absolute atomic E-state index is 12.7. The fourth-order valence-corrected chi connectivity index (χ4v) is 2.97. The number of sulfone groups is 1. The van der Waals surface area contributed by atoms with Crippen molar-refractivity contribution in [3.63, 3.8) is 0 Å². The summed E-state index contributed by atoms with van der Waals surface area (Å²) in [6.07, 6.45) is 0.649. The molecule has 0 saturated carbocycles. The summed E-state index contributed by atoms with van der Waals surface area (Å²) < 4.78 is 35.8. The molecule has 1 atom stereocenters. The summed E-state index contributed by atoms with van der Waals surface area (Å²) in [6.45, 7) is 4.20. The Balaban J connectivity index is 2.42. The monoisotopic (exact) mass is 273 g/mol. The maximum atomic E-state index is 12.7. The molecule has 1 unspecified atom stereocenters. The number of halogens is 1. The van der Waals surface area contributed by atoms with E-state index < -0.39 is 9.84 Å². The predicted molar refractivity (Wildman–Crippen MR) is 71.8 cm³/mol. The van der Waals surface area contributed by atoms with E-state index in [-0.39, 0.29) is 23.4 Å². The van der Waals surface area contributed by atoms with Crippen LogP contribution in [0.25, 0.3) is 0 Å². The van der Waals surface area contributed by atoms with Crippen LogP contribution in [-0.4, -0.2) is 26.5 Å². The lowest BCUT2D eigenvalue weighted by atomic mass is 10.1. The molecule has 0 fully saturated rings. The lowest BCUT2D eigenvalue weighted by Crippen LogP contribution is -2.26. The largest absolute Gasteiger partial charge is 0.309 e. The summed E-state index contributed by atoms with van der Waals surface area (Å²) >= 11 is 0. The predicted octanol–water partition coefficient (Wildman–Crippen LogP) is 2.30. The van der Waals surface area contributed by atoms with Gasteiger partial charge in [0, 0.05) is 18.3 Å². The minimum atomic E-state index is -2.94. The van der Waals surface area contributed by atoms with Crippen LogP contribution in [0.15, 0.2) is 24.3 Å². The summed E-state index contributed by atoms with van der Waals surface area (Å²) in [5.74, 6) is 0.114. The Labute approximate surface area is 108 Å². The Morgan fingerprint density at radius 2 is 1.83 bits per heavy atom. The van der Waals surface area contributed by atoms with Gasteiger partial charge in [-0.2, -0.15) is 0 Å². The number of hydrogen-bond donors (Lipinski definition) is 1. The van der Waals surface area contributed by atoms with Gasteiger partial charge >= 0.3 is 0 Å². The molecule has 0 aliphatic rings. The lowest BCUT2D eigenvalue weighted by molar-refractivity contribution is 0.570. The highest BCUT2D eigenvalue weighted by Gasteiger charge is 2.10. The minimum absolute atomic E-state index is 0.0161. The molecule has 0 heterocycles. The van der Waals surface area contributed by atoms with Gasteiger partial charge in [0.05, 0.1) is 5.75 Å². The first-order valence-electron chi connectivity index (χ1n) is 6.14. The molecule has 1 rings (SSSR count). The van der Waals surface area contributed by atoms with E-state index in [1.807, 2.05) is 13.8 Å². The van der Waals surface area contributed by atoms with Crippen LogP contribution in [0.4, 0.5) is 4.39 Å². The van der Waals surface area contributed by atoms with E-state index in [0.29, 0.717) is 13.0 Å². The van der Waals surface area contributed by atoms with E-state index in [2.05, 4.69) is 5.32 Å². The van der Waals surface area contributed by atoms with Crippen molar-refractivity contribution >= 4 is 9.84 Å². The van der Waals surface area contributed by atoms with Crippen molar-refractivity contribution in [3.05, 3.63) is 35.6 Å². The Morgan fingerprint density at radius 1 is 1.22 bits per heavy atom. The first-order chi connectivity index (χ1) is 8.44. The van der Waals surface area contributed by atoms with Gasteiger partial charge in [0.2, 0.25) is 0 Å². The average molecular weight is 273 g/mol. The van der Waals surface area contributed by atoms with E-state index in [4.69, 9.17) is 0 Å². The molecule has 102 valence electrons. The highest BCUT2D eigenvalue weighted by atomic mass is 32.2. The number of rotatable bonds is 7. The maximum Gasteiger partial charge on any atom is 0.151 e. The average Bonchev–Trinajstić information content (AvgIpc) is 2.29. The third kappa shape index (κ3) is 5.14. The third-order valence-electron chi connectivity index (χ3n) is 2.75. The molecule has 0 aliphatic heterocycles. The first-order valence-corrected chi connectivity index (χ1v) is 7.96. The second-order valence-corrected chi connectivity index (χ2v) is 6.68. The van der Waals surface area contributed by atoms with Gasteiger partial charge in [-0.05, 0) is 31.0 Å². The van der Waals surface area contributed by atoms with Crippen molar-refractivity contribution in [1.82, 2.24) is 5.32 Å². The van der Waals surface area contributed by atoms with Crippen LogP contribution in [0.3, 0.4) is 0 Å². The van der Waals surface area contributed by atoms with E-state index in [0.717, 1.165) is 5.56 Å². The Kier molecular flexibility index (Phi) is 5.75. The van der Waals surface area contributed by atoms with E-state index in [1.54, 1.807) is 12.1 Å². The van der Waals surface area contributed by atoms with Crippen molar-refractivity contribution in [2.24, 2.45) is 0 Å². The van der Waals surface area contributed by atoms with Gasteiger partial charge < -0.3 is 5.32 Å². The normalized spacial score (nSPS) is 13.5. The smallest absolute Gasteiger partial charge is 0.151 e. The van der Waals surface area contributed by atoms with E-state index >= 15 is 0 Å². The van der Waals surface area contributed by atoms with Gasteiger partial charge in [0.15, 0.2) is 9.84 Å². The molecule has 1 aromatic carbocycles. The second-order valence-electron chi connectivity index (χ2n) is 4.38. The zero-order chi connectivity index (χ0) is 13.6. The summed E-state index contributed by atoms with van der Waals surface area (Å²) in [5.41, 5.74) is 0.948. The minimum Gasteiger partial charge on any atom is -0.309 e. The van der Waals surface area contributed by atoms with Crippen LogP contribution in [0.2, 0.25) is 0 Å². The van der Waals surface area contributed by atoms with E-state index in [1.165, 1.54) is 12.1 Å². The summed E-state index contributed by atoms with van der Waals surface area (Å²) in [5, 5.41) is 3.13. The fraction of sp³-hybridized carbons (Fsp3) is 0.538. The molecule has 0 radical (unpaired) electrons. The van der Waals surface area contributed by atoms with Crippen LogP contribution in [0.5, 0.6) is 0 Å². The van der Waals surface area contributed by atoms with Gasteiger partial charge in [0.25, 0.3) is 0 Å². The topological polar surface area (TPSA) is 46.2 Å². The fourth-order valence-electron chi connectivity index (χ4n) is 1.71. The van der Waals surface area contributed by atoms with Gasteiger partial charge in [-0.3, -0.25) is 0 Å². The Bertz CT molecular complexity index is 456. The summed E-state index contributed by atoms with van der Waals surface area (Å²) in [4.78, 5) is 0. The highest BCUT2D eigenvalue weighted by Crippen LogP contribution is 2.12. The van der Waals surface area contributed by atoms with Crippen molar-refractivity contribution < 1.29 is 12.8 Å². The summed E-state index contributed by atoms with van der Waals surface area (Å²) in [6, 6.07) is 6.23. The summed E-state index contributed by atoms with van der Waals surface area (Å²) in [7, 11) is -2.94. The molecule has 5 heteroatoms. The molecule has 18 heavy (non-hydrogen) atoms. The van der Waals surface area contributed by atoms with Crippen LogP contribution < -0.4 is 5.32 Å². The van der Waals surface area contributed by atoms with Crippen molar-refractivity contribution in [3.8, 4) is 0 Å². The zero-order valence-electron chi connectivity index (χ0n) is 10.8. The second kappa shape index (κ2) is 6.85. The molecule has 3 nitrogen and oxygen atoms in total. The van der Waals surface area contributed by atoms with Gasteiger partial charge in [-0.1, -0.05) is 19.1 Å². The number of benzene rings is 1. The quantitative estimate of drug-likeness (QED) is 0.829. The van der Waals surface area contributed by atoms with Crippen LogP contribution >= 0.6 is 0 Å². The molecule has 0 amide bonds. The third-order valence-corrected chi connectivity index (χ3v) is 4.61. The standard InChI is InChI=1S/C13H20FNO2S/c1-3-9-18(16,17)10-8-15-11(2)12-4-6-13(14)7-5-12/h4-7,11,15H,3,8-10H2,1-2H3. The van der Waals surface area contributed by atoms with Crippen LogP contribution in [0, 0.1) is 5.82 Å². The molecule has 0 aromatic heterocycles. The molecule has 0 saturated heterocycles. The van der Waals surface area contributed by atoms with Crippen molar-refractivity contribution in [2.75, 3.05) is 18.1 Å². The zero-order valence-corrected chi connectivity index (χ0v) is 11.6. The molecule has 0 spiro atoms. The molecule has 0 bridgehead atoms. The number of nitrogens with one attached hydrogen (secondary N) is 1. The van der Waals surface area contributed by atoms with Crippen LogP contribution in [0.1, 0.15) is 31.9 Å². The molecular weight excluding hydrogens is 253 g/mol. The molecule has 1 N–H and O–H groups in total. The van der Waals surface area contributed by atoms with Gasteiger partial charge in [0.1, 0.15) is 5.82 Å². The first kappa shape index (κ1) is 15.1. The highest BCUT2D eigenvalue weighted by molar-refractivity contribution is 7.91. The van der Waals surface area contributed by atoms with Gasteiger partial charge in [-0.15, -0.1) is 0 Å². The lowest BCUT2D eigenvalue weighted by Gasteiger charge is -2.14. The van der Waals surface area contributed by atoms with E-state index in [9.17, 15) is 12.8 Å². The van der Waals surface area contributed by atoms with Crippen LogP contribution in [-0.2, 0) is 9.84 Å².